The summed E-state index contributed by atoms with van der Waals surface area (Å²) in [6, 6.07) is 8.44. The van der Waals surface area contributed by atoms with Crippen LogP contribution in [0.25, 0.3) is 11.0 Å². The van der Waals surface area contributed by atoms with Gasteiger partial charge in [-0.15, -0.1) is 0 Å². The molecule has 35 heavy (non-hydrogen) atoms. The second-order valence-corrected chi connectivity index (χ2v) is 10.8. The largest absolute Gasteiger partial charge is 0.370 e. The zero-order chi connectivity index (χ0) is 24.3. The lowest BCUT2D eigenvalue weighted by Gasteiger charge is -2.60. The van der Waals surface area contributed by atoms with Gasteiger partial charge in [0.25, 0.3) is 5.56 Å². The number of anilines is 3. The molecule has 1 N–H and O–H groups in total. The normalized spacial score (nSPS) is 19.7. The average molecular weight is 473 g/mol. The van der Waals surface area contributed by atoms with Gasteiger partial charge in [0.05, 0.1) is 5.56 Å². The first kappa shape index (κ1) is 22.2. The van der Waals surface area contributed by atoms with Crippen LogP contribution in [0.15, 0.2) is 35.3 Å². The number of carbonyl (C=O) groups excluding carboxylic acids is 1. The standard InChI is InChI=1S/C27H32N6O2/c1-17-22-12-28-26(30-24(22)33(21-6-4-5-7-21)25(35)23(17)18(2)34)29-19-8-10-20(11-9-19)32-15-27(16-32)13-31(3)14-27/h8-12,21H,4-7,13-16H2,1-3H3,(H,28,29,30). The van der Waals surface area contributed by atoms with Crippen molar-refractivity contribution in [3.05, 3.63) is 51.9 Å². The molecule has 0 radical (unpaired) electrons. The molecule has 3 aromatic rings. The lowest BCUT2D eigenvalue weighted by atomic mass is 9.73. The molecule has 1 saturated carbocycles. The van der Waals surface area contributed by atoms with Gasteiger partial charge in [0.2, 0.25) is 5.95 Å². The van der Waals surface area contributed by atoms with E-state index < -0.39 is 0 Å². The number of rotatable bonds is 5. The summed E-state index contributed by atoms with van der Waals surface area (Å²) in [5.74, 6) is 0.243. The van der Waals surface area contributed by atoms with E-state index in [1.165, 1.54) is 25.7 Å². The molecule has 2 saturated heterocycles. The van der Waals surface area contributed by atoms with E-state index in [1.54, 1.807) is 10.8 Å². The minimum Gasteiger partial charge on any atom is -0.370 e. The van der Waals surface area contributed by atoms with Crippen molar-refractivity contribution in [3.8, 4) is 0 Å². The maximum absolute atomic E-state index is 13.4. The van der Waals surface area contributed by atoms with Gasteiger partial charge in [0, 0.05) is 60.6 Å². The number of likely N-dealkylation sites (tertiary alicyclic amines) is 1. The van der Waals surface area contributed by atoms with Crippen LogP contribution in [-0.4, -0.2) is 58.4 Å². The molecule has 0 atom stereocenters. The highest BCUT2D eigenvalue weighted by Gasteiger charge is 2.50. The fraction of sp³-hybridized carbons (Fsp3) is 0.481. The van der Waals surface area contributed by atoms with Crippen LogP contribution < -0.4 is 15.8 Å². The van der Waals surface area contributed by atoms with Crippen LogP contribution in [0, 0.1) is 12.3 Å². The van der Waals surface area contributed by atoms with Crippen LogP contribution in [0.1, 0.15) is 54.6 Å². The van der Waals surface area contributed by atoms with E-state index in [-0.39, 0.29) is 22.9 Å². The molecule has 1 spiro atoms. The topological polar surface area (TPSA) is 83.4 Å². The van der Waals surface area contributed by atoms with Gasteiger partial charge in [-0.05, 0) is 63.6 Å². The Kier molecular flexibility index (Phi) is 5.18. The summed E-state index contributed by atoms with van der Waals surface area (Å²) in [5.41, 5.74) is 3.93. The van der Waals surface area contributed by atoms with Gasteiger partial charge in [-0.1, -0.05) is 12.8 Å². The molecular formula is C27H32N6O2. The first-order valence-corrected chi connectivity index (χ1v) is 12.6. The smallest absolute Gasteiger partial charge is 0.263 e. The molecule has 182 valence electrons. The van der Waals surface area contributed by atoms with Crippen molar-refractivity contribution in [1.82, 2.24) is 19.4 Å². The zero-order valence-corrected chi connectivity index (χ0v) is 20.7. The number of pyridine rings is 1. The number of nitrogens with zero attached hydrogens (tertiary/aromatic N) is 5. The van der Waals surface area contributed by atoms with Crippen molar-refractivity contribution in [3.63, 3.8) is 0 Å². The molecule has 6 rings (SSSR count). The van der Waals surface area contributed by atoms with Gasteiger partial charge >= 0.3 is 0 Å². The summed E-state index contributed by atoms with van der Waals surface area (Å²) in [7, 11) is 2.18. The van der Waals surface area contributed by atoms with E-state index in [0.29, 0.717) is 22.6 Å². The summed E-state index contributed by atoms with van der Waals surface area (Å²) in [4.78, 5) is 39.8. The highest BCUT2D eigenvalue weighted by Crippen LogP contribution is 2.41. The molecule has 4 heterocycles. The van der Waals surface area contributed by atoms with Crippen LogP contribution >= 0.6 is 0 Å². The summed E-state index contributed by atoms with van der Waals surface area (Å²) in [6.45, 7) is 7.91. The Balaban J connectivity index is 1.28. The monoisotopic (exact) mass is 472 g/mol. The van der Waals surface area contributed by atoms with Crippen molar-refractivity contribution in [2.24, 2.45) is 5.41 Å². The number of nitrogens with one attached hydrogen (secondary N) is 1. The Labute approximate surface area is 205 Å². The quantitative estimate of drug-likeness (QED) is 0.564. The van der Waals surface area contributed by atoms with Gasteiger partial charge in [-0.3, -0.25) is 14.2 Å². The number of aromatic nitrogens is 3. The maximum Gasteiger partial charge on any atom is 0.263 e. The molecule has 1 aliphatic carbocycles. The van der Waals surface area contributed by atoms with Gasteiger partial charge in [0.1, 0.15) is 5.65 Å². The van der Waals surface area contributed by atoms with Crippen molar-refractivity contribution < 1.29 is 4.79 Å². The number of aryl methyl sites for hydroxylation is 1. The van der Waals surface area contributed by atoms with E-state index >= 15 is 0 Å². The minimum absolute atomic E-state index is 0.0704. The lowest BCUT2D eigenvalue weighted by molar-refractivity contribution is -0.00238. The van der Waals surface area contributed by atoms with Gasteiger partial charge in [-0.2, -0.15) is 4.98 Å². The van der Waals surface area contributed by atoms with Crippen molar-refractivity contribution in [2.75, 3.05) is 43.4 Å². The molecule has 0 amide bonds. The van der Waals surface area contributed by atoms with Crippen molar-refractivity contribution >= 4 is 34.1 Å². The third-order valence-corrected chi connectivity index (χ3v) is 8.00. The molecule has 3 aliphatic rings. The third-order valence-electron chi connectivity index (χ3n) is 8.00. The summed E-state index contributed by atoms with van der Waals surface area (Å²) in [5, 5.41) is 4.07. The van der Waals surface area contributed by atoms with Crippen LogP contribution in [0.5, 0.6) is 0 Å². The maximum atomic E-state index is 13.4. The Morgan fingerprint density at radius 2 is 1.77 bits per heavy atom. The molecule has 2 aliphatic heterocycles. The molecule has 2 aromatic heterocycles. The first-order chi connectivity index (χ1) is 16.8. The van der Waals surface area contributed by atoms with E-state index in [1.807, 2.05) is 6.92 Å². The summed E-state index contributed by atoms with van der Waals surface area (Å²) in [6.07, 6.45) is 5.76. The fourth-order valence-electron chi connectivity index (χ4n) is 6.44. The van der Waals surface area contributed by atoms with E-state index in [4.69, 9.17) is 4.98 Å². The highest BCUT2D eigenvalue weighted by molar-refractivity contribution is 5.99. The lowest BCUT2D eigenvalue weighted by Crippen LogP contribution is -2.71. The van der Waals surface area contributed by atoms with E-state index in [2.05, 4.69) is 51.4 Å². The van der Waals surface area contributed by atoms with E-state index in [0.717, 1.165) is 49.8 Å². The Bertz CT molecular complexity index is 1360. The van der Waals surface area contributed by atoms with Crippen molar-refractivity contribution in [1.29, 1.82) is 0 Å². The number of hydrogen-bond donors (Lipinski definition) is 1. The SMILES string of the molecule is CC(=O)c1c(C)c2cnc(Nc3ccc(N4CC5(CN(C)C5)C4)cc3)nc2n(C2CCCC2)c1=O. The van der Waals surface area contributed by atoms with Gasteiger partial charge in [-0.25, -0.2) is 4.98 Å². The third kappa shape index (κ3) is 3.71. The number of fused-ring (bicyclic) bond motifs is 1. The Morgan fingerprint density at radius 3 is 2.40 bits per heavy atom. The molecule has 8 nitrogen and oxygen atoms in total. The molecule has 1 aromatic carbocycles. The van der Waals surface area contributed by atoms with Crippen molar-refractivity contribution in [2.45, 2.75) is 45.6 Å². The van der Waals surface area contributed by atoms with Crippen LogP contribution in [-0.2, 0) is 0 Å². The number of Topliss-reactive ketones (excluding diaryl/α,β-unsaturated/α-hetero) is 1. The fourth-order valence-corrected chi connectivity index (χ4v) is 6.44. The predicted molar refractivity (Wildman–Crippen MR) is 138 cm³/mol. The first-order valence-electron chi connectivity index (χ1n) is 12.6. The number of benzene rings is 1. The highest BCUT2D eigenvalue weighted by atomic mass is 16.1. The van der Waals surface area contributed by atoms with Gasteiger partial charge in [0.15, 0.2) is 5.78 Å². The molecule has 0 unspecified atom stereocenters. The molecule has 3 fully saturated rings. The summed E-state index contributed by atoms with van der Waals surface area (Å²) >= 11 is 0. The number of hydrogen-bond acceptors (Lipinski definition) is 7. The zero-order valence-electron chi connectivity index (χ0n) is 20.7. The molecular weight excluding hydrogens is 440 g/mol. The van der Waals surface area contributed by atoms with Crippen LogP contribution in [0.4, 0.5) is 17.3 Å². The number of carbonyl (C=O) groups is 1. The molecule has 0 bridgehead atoms. The van der Waals surface area contributed by atoms with Crippen LogP contribution in [0.3, 0.4) is 0 Å². The summed E-state index contributed by atoms with van der Waals surface area (Å²) < 4.78 is 1.75. The van der Waals surface area contributed by atoms with Crippen LogP contribution in [0.2, 0.25) is 0 Å². The predicted octanol–water partition coefficient (Wildman–Crippen LogP) is 3.91. The Hall–Kier alpha value is -3.26. The minimum atomic E-state index is -0.228. The Morgan fingerprint density at radius 1 is 1.09 bits per heavy atom. The van der Waals surface area contributed by atoms with Gasteiger partial charge < -0.3 is 15.1 Å². The molecule has 8 heteroatoms. The average Bonchev–Trinajstić information content (AvgIpc) is 3.30. The second kappa shape index (κ2) is 8.16. The number of ketones is 1. The second-order valence-electron chi connectivity index (χ2n) is 10.8. The van der Waals surface area contributed by atoms with E-state index in [9.17, 15) is 9.59 Å².